The van der Waals surface area contributed by atoms with E-state index >= 15 is 0 Å². The van der Waals surface area contributed by atoms with Gasteiger partial charge >= 0.3 is 5.97 Å². The fraction of sp³-hybridized carbons (Fsp3) is 0.235. The third-order valence-corrected chi connectivity index (χ3v) is 5.19. The van der Waals surface area contributed by atoms with Gasteiger partial charge in [0.1, 0.15) is 5.82 Å². The quantitative estimate of drug-likeness (QED) is 0.751. The number of carbonyl (C=O) groups is 1. The molecule has 0 unspecified atom stereocenters. The minimum atomic E-state index is -3.75. The summed E-state index contributed by atoms with van der Waals surface area (Å²) in [6.07, 6.45) is 0. The maximum Gasteiger partial charge on any atom is 0.338 e. The van der Waals surface area contributed by atoms with Crippen LogP contribution in [-0.2, 0) is 21.3 Å². The van der Waals surface area contributed by atoms with E-state index in [4.69, 9.17) is 4.74 Å². The van der Waals surface area contributed by atoms with Crippen LogP contribution in [0.3, 0.4) is 0 Å². The molecule has 5 nitrogen and oxygen atoms in total. The number of esters is 1. The lowest BCUT2D eigenvalue weighted by molar-refractivity contribution is 0.0526. The maximum absolute atomic E-state index is 13.2. The van der Waals surface area contributed by atoms with E-state index < -0.39 is 21.8 Å². The topological polar surface area (TPSA) is 63.7 Å². The van der Waals surface area contributed by atoms with Crippen LogP contribution in [0.4, 0.5) is 4.39 Å². The lowest BCUT2D eigenvalue weighted by Crippen LogP contribution is -2.26. The highest BCUT2D eigenvalue weighted by atomic mass is 32.2. The molecule has 0 bridgehead atoms. The number of nitrogens with zero attached hydrogens (tertiary/aromatic N) is 1. The van der Waals surface area contributed by atoms with Gasteiger partial charge in [-0.15, -0.1) is 0 Å². The van der Waals surface area contributed by atoms with Gasteiger partial charge in [0.05, 0.1) is 17.1 Å². The zero-order valence-corrected chi connectivity index (χ0v) is 14.2. The van der Waals surface area contributed by atoms with Gasteiger partial charge in [0.15, 0.2) is 0 Å². The number of rotatable bonds is 6. The third kappa shape index (κ3) is 4.18. The van der Waals surface area contributed by atoms with Crippen LogP contribution in [-0.4, -0.2) is 32.3 Å². The van der Waals surface area contributed by atoms with Crippen molar-refractivity contribution in [3.63, 3.8) is 0 Å². The second-order valence-corrected chi connectivity index (χ2v) is 7.18. The smallest absolute Gasteiger partial charge is 0.338 e. The monoisotopic (exact) mass is 351 g/mol. The Hall–Kier alpha value is -2.25. The van der Waals surface area contributed by atoms with E-state index in [0.717, 1.165) is 4.31 Å². The summed E-state index contributed by atoms with van der Waals surface area (Å²) < 4.78 is 44.3. The summed E-state index contributed by atoms with van der Waals surface area (Å²) in [5, 5.41) is 0. The number of hydrogen-bond donors (Lipinski definition) is 0. The minimum Gasteiger partial charge on any atom is -0.462 e. The van der Waals surface area contributed by atoms with Gasteiger partial charge in [0, 0.05) is 13.6 Å². The van der Waals surface area contributed by atoms with E-state index in [2.05, 4.69) is 0 Å². The van der Waals surface area contributed by atoms with Crippen molar-refractivity contribution in [1.82, 2.24) is 4.31 Å². The number of carbonyl (C=O) groups excluding carboxylic acids is 1. The Morgan fingerprint density at radius 3 is 2.42 bits per heavy atom. The van der Waals surface area contributed by atoms with E-state index in [9.17, 15) is 17.6 Å². The van der Waals surface area contributed by atoms with E-state index in [1.54, 1.807) is 13.0 Å². The van der Waals surface area contributed by atoms with Crippen molar-refractivity contribution in [3.05, 3.63) is 65.5 Å². The highest BCUT2D eigenvalue weighted by Crippen LogP contribution is 2.18. The molecule has 0 heterocycles. The van der Waals surface area contributed by atoms with Gasteiger partial charge in [-0.2, -0.15) is 4.31 Å². The molecular weight excluding hydrogens is 333 g/mol. The van der Waals surface area contributed by atoms with Crippen LogP contribution in [0.15, 0.2) is 53.4 Å². The van der Waals surface area contributed by atoms with Crippen LogP contribution in [0, 0.1) is 5.82 Å². The first kappa shape index (κ1) is 18.1. The Kier molecular flexibility index (Phi) is 5.69. The Labute approximate surface area is 140 Å². The van der Waals surface area contributed by atoms with Crippen LogP contribution < -0.4 is 0 Å². The molecule has 0 aliphatic carbocycles. The van der Waals surface area contributed by atoms with Gasteiger partial charge in [-0.1, -0.05) is 12.1 Å². The summed E-state index contributed by atoms with van der Waals surface area (Å²) in [6, 6.07) is 11.3. The average molecular weight is 351 g/mol. The molecule has 0 saturated carbocycles. The van der Waals surface area contributed by atoms with Crippen molar-refractivity contribution in [2.45, 2.75) is 18.4 Å². The molecule has 0 amide bonds. The van der Waals surface area contributed by atoms with Crippen molar-refractivity contribution in [3.8, 4) is 0 Å². The first-order valence-electron chi connectivity index (χ1n) is 7.32. The van der Waals surface area contributed by atoms with Crippen molar-refractivity contribution in [2.24, 2.45) is 0 Å². The molecule has 0 atom stereocenters. The molecule has 7 heteroatoms. The van der Waals surface area contributed by atoms with Crippen LogP contribution >= 0.6 is 0 Å². The van der Waals surface area contributed by atoms with Crippen LogP contribution in [0.1, 0.15) is 22.8 Å². The molecule has 0 spiro atoms. The molecule has 0 aromatic heterocycles. The Bertz CT molecular complexity index is 819. The summed E-state index contributed by atoms with van der Waals surface area (Å²) in [5.74, 6) is -0.924. The second kappa shape index (κ2) is 7.55. The van der Waals surface area contributed by atoms with Crippen molar-refractivity contribution >= 4 is 16.0 Å². The average Bonchev–Trinajstić information content (AvgIpc) is 2.55. The molecule has 0 radical (unpaired) electrons. The standard InChI is InChI=1S/C17H18FNO4S/c1-3-23-17(20)14-7-9-16(10-8-14)24(21,22)19(2)12-13-5-4-6-15(18)11-13/h4-11H,3,12H2,1-2H3. The van der Waals surface area contributed by atoms with Crippen LogP contribution in [0.5, 0.6) is 0 Å². The fourth-order valence-electron chi connectivity index (χ4n) is 2.13. The normalized spacial score (nSPS) is 11.5. The lowest BCUT2D eigenvalue weighted by atomic mass is 10.2. The predicted octanol–water partition coefficient (Wildman–Crippen LogP) is 2.82. The summed E-state index contributed by atoms with van der Waals surface area (Å²) in [7, 11) is -2.33. The fourth-order valence-corrected chi connectivity index (χ4v) is 3.29. The SMILES string of the molecule is CCOC(=O)c1ccc(S(=O)(=O)N(C)Cc2cccc(F)c2)cc1. The second-order valence-electron chi connectivity index (χ2n) is 5.14. The summed E-state index contributed by atoms with van der Waals surface area (Å²) in [4.78, 5) is 11.6. The maximum atomic E-state index is 13.2. The summed E-state index contributed by atoms with van der Waals surface area (Å²) in [6.45, 7) is 1.98. The minimum absolute atomic E-state index is 0.0414. The summed E-state index contributed by atoms with van der Waals surface area (Å²) in [5.41, 5.74) is 0.827. The number of benzene rings is 2. The Morgan fingerprint density at radius 1 is 1.17 bits per heavy atom. The number of ether oxygens (including phenoxy) is 1. The molecule has 0 N–H and O–H groups in total. The van der Waals surface area contributed by atoms with Gasteiger partial charge in [-0.05, 0) is 48.9 Å². The molecule has 24 heavy (non-hydrogen) atoms. The van der Waals surface area contributed by atoms with Gasteiger partial charge < -0.3 is 4.74 Å². The lowest BCUT2D eigenvalue weighted by Gasteiger charge is -2.17. The number of sulfonamides is 1. The first-order chi connectivity index (χ1) is 11.3. The molecule has 2 rings (SSSR count). The van der Waals surface area contributed by atoms with Gasteiger partial charge in [0.25, 0.3) is 0 Å². The van der Waals surface area contributed by atoms with Gasteiger partial charge in [-0.25, -0.2) is 17.6 Å². The first-order valence-corrected chi connectivity index (χ1v) is 8.76. The Balaban J connectivity index is 2.18. The molecule has 128 valence electrons. The zero-order chi connectivity index (χ0) is 17.7. The predicted molar refractivity (Wildman–Crippen MR) is 87.5 cm³/mol. The number of halogens is 1. The molecule has 2 aromatic rings. The highest BCUT2D eigenvalue weighted by Gasteiger charge is 2.21. The van der Waals surface area contributed by atoms with E-state index in [0.29, 0.717) is 5.56 Å². The van der Waals surface area contributed by atoms with Crippen molar-refractivity contribution < 1.29 is 22.3 Å². The van der Waals surface area contributed by atoms with E-state index in [1.165, 1.54) is 49.5 Å². The van der Waals surface area contributed by atoms with Crippen LogP contribution in [0.2, 0.25) is 0 Å². The zero-order valence-electron chi connectivity index (χ0n) is 13.4. The highest BCUT2D eigenvalue weighted by molar-refractivity contribution is 7.89. The molecule has 0 fully saturated rings. The largest absolute Gasteiger partial charge is 0.462 e. The molecule has 0 saturated heterocycles. The molecule has 0 aliphatic heterocycles. The number of hydrogen-bond acceptors (Lipinski definition) is 4. The Morgan fingerprint density at radius 2 is 1.83 bits per heavy atom. The molecular formula is C17H18FNO4S. The third-order valence-electron chi connectivity index (χ3n) is 3.37. The summed E-state index contributed by atoms with van der Waals surface area (Å²) >= 11 is 0. The van der Waals surface area contributed by atoms with Crippen molar-refractivity contribution in [2.75, 3.05) is 13.7 Å². The molecule has 2 aromatic carbocycles. The van der Waals surface area contributed by atoms with Gasteiger partial charge in [0.2, 0.25) is 10.0 Å². The van der Waals surface area contributed by atoms with Crippen molar-refractivity contribution in [1.29, 1.82) is 0 Å². The van der Waals surface area contributed by atoms with Gasteiger partial charge in [-0.3, -0.25) is 0 Å². The van der Waals surface area contributed by atoms with Crippen LogP contribution in [0.25, 0.3) is 0 Å². The van der Waals surface area contributed by atoms with E-state index in [-0.39, 0.29) is 23.6 Å². The molecule has 0 aliphatic rings. The van der Waals surface area contributed by atoms with E-state index in [1.807, 2.05) is 0 Å².